The van der Waals surface area contributed by atoms with Crippen LogP contribution in [0.2, 0.25) is 5.02 Å². The van der Waals surface area contributed by atoms with Crippen molar-refractivity contribution >= 4 is 23.5 Å². The fourth-order valence-corrected chi connectivity index (χ4v) is 2.55. The van der Waals surface area contributed by atoms with Gasteiger partial charge in [0.25, 0.3) is 0 Å². The first-order valence-corrected chi connectivity index (χ1v) is 8.34. The van der Waals surface area contributed by atoms with E-state index in [1.807, 2.05) is 60.7 Å². The Labute approximate surface area is 152 Å². The summed E-state index contributed by atoms with van der Waals surface area (Å²) in [4.78, 5) is 12.6. The lowest BCUT2D eigenvalue weighted by Gasteiger charge is -2.10. The van der Waals surface area contributed by atoms with Gasteiger partial charge in [0.05, 0.1) is 5.56 Å². The van der Waals surface area contributed by atoms with Gasteiger partial charge in [0.1, 0.15) is 12.4 Å². The molecule has 0 saturated carbocycles. The van der Waals surface area contributed by atoms with Crippen LogP contribution in [-0.4, -0.2) is 5.78 Å². The summed E-state index contributed by atoms with van der Waals surface area (Å²) in [7, 11) is 0. The molecule has 3 aromatic rings. The van der Waals surface area contributed by atoms with Crippen LogP contribution in [0.3, 0.4) is 0 Å². The molecule has 0 heterocycles. The van der Waals surface area contributed by atoms with Crippen molar-refractivity contribution < 1.29 is 9.53 Å². The van der Waals surface area contributed by atoms with E-state index in [1.165, 1.54) is 6.08 Å². The van der Waals surface area contributed by atoms with Crippen molar-refractivity contribution in [2.24, 2.45) is 0 Å². The van der Waals surface area contributed by atoms with E-state index in [-0.39, 0.29) is 5.78 Å². The second-order valence-electron chi connectivity index (χ2n) is 5.52. The van der Waals surface area contributed by atoms with Crippen LogP contribution in [0.5, 0.6) is 5.75 Å². The van der Waals surface area contributed by atoms with Gasteiger partial charge < -0.3 is 4.74 Å². The zero-order chi connectivity index (χ0) is 17.5. The molecular formula is C22H17ClO2. The van der Waals surface area contributed by atoms with E-state index >= 15 is 0 Å². The lowest BCUT2D eigenvalue weighted by molar-refractivity contribution is 0.104. The van der Waals surface area contributed by atoms with Crippen LogP contribution in [0.25, 0.3) is 6.08 Å². The van der Waals surface area contributed by atoms with Crippen molar-refractivity contribution in [1.82, 2.24) is 0 Å². The van der Waals surface area contributed by atoms with E-state index in [4.69, 9.17) is 16.3 Å². The van der Waals surface area contributed by atoms with Gasteiger partial charge in [-0.25, -0.2) is 0 Å². The number of rotatable bonds is 6. The molecule has 25 heavy (non-hydrogen) atoms. The Morgan fingerprint density at radius 1 is 0.920 bits per heavy atom. The SMILES string of the molecule is O=C(/C=C/c1ccccc1)c1cc(Cl)ccc1OCc1ccccc1. The number of hydrogen-bond donors (Lipinski definition) is 0. The van der Waals surface area contributed by atoms with Gasteiger partial charge in [-0.3, -0.25) is 4.79 Å². The van der Waals surface area contributed by atoms with Gasteiger partial charge >= 0.3 is 0 Å². The predicted octanol–water partition coefficient (Wildman–Crippen LogP) is 5.82. The maximum atomic E-state index is 12.6. The van der Waals surface area contributed by atoms with Gasteiger partial charge in [-0.05, 0) is 35.4 Å². The summed E-state index contributed by atoms with van der Waals surface area (Å²) in [5.41, 5.74) is 2.45. The third-order valence-corrected chi connectivity index (χ3v) is 3.91. The van der Waals surface area contributed by atoms with Crippen LogP contribution in [-0.2, 0) is 6.61 Å². The normalized spacial score (nSPS) is 10.8. The van der Waals surface area contributed by atoms with Gasteiger partial charge in [-0.2, -0.15) is 0 Å². The lowest BCUT2D eigenvalue weighted by Crippen LogP contribution is -2.02. The molecule has 0 atom stereocenters. The number of benzene rings is 3. The molecule has 0 radical (unpaired) electrons. The van der Waals surface area contributed by atoms with Crippen molar-refractivity contribution in [3.8, 4) is 5.75 Å². The molecule has 2 nitrogen and oxygen atoms in total. The number of hydrogen-bond acceptors (Lipinski definition) is 2. The topological polar surface area (TPSA) is 26.3 Å². The van der Waals surface area contributed by atoms with E-state index in [0.29, 0.717) is 22.9 Å². The van der Waals surface area contributed by atoms with Crippen molar-refractivity contribution in [1.29, 1.82) is 0 Å². The van der Waals surface area contributed by atoms with Crippen molar-refractivity contribution in [2.75, 3.05) is 0 Å². The first-order chi connectivity index (χ1) is 12.2. The largest absolute Gasteiger partial charge is 0.488 e. The Morgan fingerprint density at radius 2 is 1.60 bits per heavy atom. The minimum absolute atomic E-state index is 0.144. The van der Waals surface area contributed by atoms with Crippen molar-refractivity contribution in [2.45, 2.75) is 6.61 Å². The fourth-order valence-electron chi connectivity index (χ4n) is 2.38. The molecule has 0 unspecified atom stereocenters. The number of halogens is 1. The highest BCUT2D eigenvalue weighted by molar-refractivity contribution is 6.31. The highest BCUT2D eigenvalue weighted by atomic mass is 35.5. The van der Waals surface area contributed by atoms with Gasteiger partial charge in [-0.1, -0.05) is 78.3 Å². The summed E-state index contributed by atoms with van der Waals surface area (Å²) in [6.07, 6.45) is 3.32. The summed E-state index contributed by atoms with van der Waals surface area (Å²) in [6, 6.07) is 24.6. The molecular weight excluding hydrogens is 332 g/mol. The average Bonchev–Trinajstić information content (AvgIpc) is 2.66. The third kappa shape index (κ3) is 4.82. The Hall–Kier alpha value is -2.84. The summed E-state index contributed by atoms with van der Waals surface area (Å²) < 4.78 is 5.84. The number of allylic oxidation sites excluding steroid dienone is 1. The van der Waals surface area contributed by atoms with Gasteiger partial charge in [0.15, 0.2) is 5.78 Å². The quantitative estimate of drug-likeness (QED) is 0.414. The Balaban J connectivity index is 1.78. The number of ether oxygens (including phenoxy) is 1. The monoisotopic (exact) mass is 348 g/mol. The molecule has 0 bridgehead atoms. The zero-order valence-corrected chi connectivity index (χ0v) is 14.3. The van der Waals surface area contributed by atoms with Gasteiger partial charge in [0, 0.05) is 5.02 Å². The second kappa shape index (κ2) is 8.32. The molecule has 0 aromatic heterocycles. The summed E-state index contributed by atoms with van der Waals surface area (Å²) in [6.45, 7) is 0.394. The van der Waals surface area contributed by atoms with E-state index in [2.05, 4.69) is 0 Å². The molecule has 0 fully saturated rings. The maximum Gasteiger partial charge on any atom is 0.189 e. The minimum atomic E-state index is -0.144. The molecule has 0 aliphatic rings. The molecule has 0 N–H and O–H groups in total. The van der Waals surface area contributed by atoms with Crippen molar-refractivity contribution in [3.63, 3.8) is 0 Å². The second-order valence-corrected chi connectivity index (χ2v) is 5.96. The molecule has 3 heteroatoms. The maximum absolute atomic E-state index is 12.6. The lowest BCUT2D eigenvalue weighted by atomic mass is 10.1. The molecule has 124 valence electrons. The molecule has 3 rings (SSSR count). The first-order valence-electron chi connectivity index (χ1n) is 7.96. The average molecular weight is 349 g/mol. The summed E-state index contributed by atoms with van der Waals surface area (Å²) in [5.74, 6) is 0.380. The van der Waals surface area contributed by atoms with Crippen LogP contribution in [0.1, 0.15) is 21.5 Å². The third-order valence-electron chi connectivity index (χ3n) is 3.67. The Kier molecular flexibility index (Phi) is 5.65. The Bertz CT molecular complexity index is 871. The zero-order valence-electron chi connectivity index (χ0n) is 13.6. The molecule has 0 aliphatic heterocycles. The molecule has 0 amide bonds. The van der Waals surface area contributed by atoms with Gasteiger partial charge in [0.2, 0.25) is 0 Å². The number of carbonyl (C=O) groups excluding carboxylic acids is 1. The number of carbonyl (C=O) groups is 1. The standard InChI is InChI=1S/C22H17ClO2/c23-19-12-14-22(25-16-18-9-5-2-6-10-18)20(15-19)21(24)13-11-17-7-3-1-4-8-17/h1-15H,16H2/b13-11+. The van der Waals surface area contributed by atoms with Crippen molar-refractivity contribution in [3.05, 3.63) is 107 Å². The van der Waals surface area contributed by atoms with Crippen LogP contribution in [0, 0.1) is 0 Å². The number of ketones is 1. The fraction of sp³-hybridized carbons (Fsp3) is 0.0455. The minimum Gasteiger partial charge on any atom is -0.488 e. The Morgan fingerprint density at radius 3 is 2.32 bits per heavy atom. The summed E-state index contributed by atoms with van der Waals surface area (Å²) >= 11 is 6.06. The highest BCUT2D eigenvalue weighted by Crippen LogP contribution is 2.25. The molecule has 0 saturated heterocycles. The smallest absolute Gasteiger partial charge is 0.189 e. The van der Waals surface area contributed by atoms with Crippen LogP contribution < -0.4 is 4.74 Å². The predicted molar refractivity (Wildman–Crippen MR) is 102 cm³/mol. The highest BCUT2D eigenvalue weighted by Gasteiger charge is 2.11. The van der Waals surface area contributed by atoms with E-state index < -0.39 is 0 Å². The van der Waals surface area contributed by atoms with Gasteiger partial charge in [-0.15, -0.1) is 0 Å². The molecule has 0 aliphatic carbocycles. The summed E-state index contributed by atoms with van der Waals surface area (Å²) in [5, 5.41) is 0.503. The molecule has 3 aromatic carbocycles. The first kappa shape index (κ1) is 17.0. The van der Waals surface area contributed by atoms with E-state index in [9.17, 15) is 4.79 Å². The van der Waals surface area contributed by atoms with Crippen LogP contribution in [0.15, 0.2) is 84.9 Å². The van der Waals surface area contributed by atoms with E-state index in [0.717, 1.165) is 11.1 Å². The van der Waals surface area contributed by atoms with Crippen LogP contribution >= 0.6 is 11.6 Å². The van der Waals surface area contributed by atoms with E-state index in [1.54, 1.807) is 24.3 Å². The molecule has 0 spiro atoms. The van der Waals surface area contributed by atoms with Crippen LogP contribution in [0.4, 0.5) is 0 Å².